The van der Waals surface area contributed by atoms with Crippen molar-refractivity contribution in [2.45, 2.75) is 42.9 Å². The minimum Gasteiger partial charge on any atom is -0.457 e. The standard InChI is InChI=1S/C49H36O/c1-10-28-48(29-11-1)40-15-5-2-12-36(40)39-26-24-34(30-44(39)48)32-20-22-33(23-21-32)35-25-27-47-45(31-35)49(43-18-8-9-19-46(43)50-47)41-16-6-3-13-37(41)38-14-4-7-17-42(38)49/h2-9,12-27,30-31H,1,10-11,28-29H2. The van der Waals surface area contributed by atoms with Crippen LogP contribution in [0, 0.1) is 0 Å². The number of para-hydroxylation sites is 1. The number of fused-ring (bicyclic) bond motifs is 14. The zero-order chi connectivity index (χ0) is 32.9. The first kappa shape index (κ1) is 28.2. The van der Waals surface area contributed by atoms with E-state index in [1.165, 1.54) is 104 Å². The van der Waals surface area contributed by atoms with Gasteiger partial charge in [0.15, 0.2) is 0 Å². The van der Waals surface area contributed by atoms with Crippen LogP contribution in [0.1, 0.15) is 65.5 Å². The molecule has 0 aromatic heterocycles. The zero-order valence-corrected chi connectivity index (χ0v) is 28.0. The van der Waals surface area contributed by atoms with Crippen LogP contribution in [-0.2, 0) is 10.8 Å². The summed E-state index contributed by atoms with van der Waals surface area (Å²) in [4.78, 5) is 0. The van der Waals surface area contributed by atoms with Gasteiger partial charge in [0.2, 0.25) is 0 Å². The van der Waals surface area contributed by atoms with E-state index in [-0.39, 0.29) is 5.41 Å². The molecule has 1 nitrogen and oxygen atoms in total. The monoisotopic (exact) mass is 640 g/mol. The molecule has 7 aromatic carbocycles. The third-order valence-electron chi connectivity index (χ3n) is 12.4. The fourth-order valence-corrected chi connectivity index (χ4v) is 10.2. The summed E-state index contributed by atoms with van der Waals surface area (Å²) < 4.78 is 6.67. The van der Waals surface area contributed by atoms with E-state index < -0.39 is 5.41 Å². The van der Waals surface area contributed by atoms with Crippen LogP contribution in [0.25, 0.3) is 44.5 Å². The molecule has 1 aliphatic heterocycles. The van der Waals surface area contributed by atoms with E-state index >= 15 is 0 Å². The molecule has 0 unspecified atom stereocenters. The fraction of sp³-hybridized carbons (Fsp3) is 0.143. The van der Waals surface area contributed by atoms with Crippen molar-refractivity contribution in [1.29, 1.82) is 0 Å². The molecule has 0 saturated heterocycles. The Bertz CT molecular complexity index is 2450. The van der Waals surface area contributed by atoms with E-state index in [1.54, 1.807) is 5.56 Å². The average molecular weight is 641 g/mol. The minimum atomic E-state index is -0.454. The van der Waals surface area contributed by atoms with Crippen molar-refractivity contribution in [2.24, 2.45) is 0 Å². The topological polar surface area (TPSA) is 9.23 Å². The lowest BCUT2D eigenvalue weighted by Gasteiger charge is -2.39. The van der Waals surface area contributed by atoms with E-state index in [4.69, 9.17) is 4.74 Å². The highest BCUT2D eigenvalue weighted by atomic mass is 16.5. The molecule has 1 heterocycles. The summed E-state index contributed by atoms with van der Waals surface area (Å²) in [5, 5.41) is 0. The highest BCUT2D eigenvalue weighted by Crippen LogP contribution is 2.62. The first-order valence-corrected chi connectivity index (χ1v) is 18.2. The summed E-state index contributed by atoms with van der Waals surface area (Å²) in [7, 11) is 0. The molecule has 1 heteroatoms. The van der Waals surface area contributed by atoms with E-state index in [1.807, 2.05) is 0 Å². The lowest BCUT2D eigenvalue weighted by molar-refractivity contribution is 0.353. The first-order chi connectivity index (χ1) is 24.8. The second kappa shape index (κ2) is 10.4. The molecule has 0 bridgehead atoms. The normalized spacial score (nSPS) is 16.5. The summed E-state index contributed by atoms with van der Waals surface area (Å²) >= 11 is 0. The molecule has 11 rings (SSSR count). The highest BCUT2D eigenvalue weighted by Gasteiger charge is 2.51. The molecule has 1 saturated carbocycles. The van der Waals surface area contributed by atoms with Gasteiger partial charge in [-0.3, -0.25) is 0 Å². The van der Waals surface area contributed by atoms with Crippen molar-refractivity contribution in [2.75, 3.05) is 0 Å². The Balaban J connectivity index is 1.02. The van der Waals surface area contributed by atoms with E-state index in [9.17, 15) is 0 Å². The van der Waals surface area contributed by atoms with E-state index in [0.717, 1.165) is 11.5 Å². The summed E-state index contributed by atoms with van der Waals surface area (Å²) in [6.07, 6.45) is 6.47. The van der Waals surface area contributed by atoms with Crippen LogP contribution in [-0.4, -0.2) is 0 Å². The minimum absolute atomic E-state index is 0.164. The molecule has 2 spiro atoms. The molecule has 3 aliphatic carbocycles. The smallest absolute Gasteiger partial charge is 0.132 e. The van der Waals surface area contributed by atoms with Crippen LogP contribution in [0.3, 0.4) is 0 Å². The fourth-order valence-electron chi connectivity index (χ4n) is 10.2. The second-order valence-corrected chi connectivity index (χ2v) is 14.7. The van der Waals surface area contributed by atoms with Crippen LogP contribution in [0.2, 0.25) is 0 Å². The molecule has 238 valence electrons. The lowest BCUT2D eigenvalue weighted by atomic mass is 9.66. The van der Waals surface area contributed by atoms with Gasteiger partial charge >= 0.3 is 0 Å². The van der Waals surface area contributed by atoms with Crippen LogP contribution in [0.15, 0.2) is 158 Å². The Morgan fingerprint density at radius 2 is 0.800 bits per heavy atom. The number of ether oxygens (including phenoxy) is 1. The molecule has 0 atom stereocenters. The van der Waals surface area contributed by atoms with Gasteiger partial charge in [-0.15, -0.1) is 0 Å². The molecule has 0 amide bonds. The predicted molar refractivity (Wildman–Crippen MR) is 204 cm³/mol. The average Bonchev–Trinajstić information content (AvgIpc) is 3.63. The van der Waals surface area contributed by atoms with Crippen molar-refractivity contribution in [3.63, 3.8) is 0 Å². The maximum atomic E-state index is 6.67. The SMILES string of the molecule is c1ccc2c(c1)Oc1ccc(-c3ccc(-c4ccc5c(c4)C4(CCCCC4)c4ccccc4-5)cc3)cc1C21c2ccccc2-c2ccccc21. The number of rotatable bonds is 2. The predicted octanol–water partition coefficient (Wildman–Crippen LogP) is 12.7. The molecule has 0 N–H and O–H groups in total. The third kappa shape index (κ3) is 3.67. The van der Waals surface area contributed by atoms with Crippen molar-refractivity contribution in [1.82, 2.24) is 0 Å². The molecule has 4 aliphatic rings. The van der Waals surface area contributed by atoms with E-state index in [2.05, 4.69) is 158 Å². The van der Waals surface area contributed by atoms with Crippen molar-refractivity contribution in [3.8, 4) is 56.0 Å². The van der Waals surface area contributed by atoms with Gasteiger partial charge in [0, 0.05) is 16.5 Å². The van der Waals surface area contributed by atoms with Crippen molar-refractivity contribution >= 4 is 0 Å². The van der Waals surface area contributed by atoms with Gasteiger partial charge in [0.25, 0.3) is 0 Å². The molecular weight excluding hydrogens is 605 g/mol. The van der Waals surface area contributed by atoms with Crippen LogP contribution < -0.4 is 4.74 Å². The Labute approximate surface area is 293 Å². The third-order valence-corrected chi connectivity index (χ3v) is 12.4. The summed E-state index contributed by atoms with van der Waals surface area (Å²) in [5.74, 6) is 1.85. The van der Waals surface area contributed by atoms with Gasteiger partial charge in [-0.05, 0) is 104 Å². The molecule has 1 fully saturated rings. The molecule has 0 radical (unpaired) electrons. The van der Waals surface area contributed by atoms with Crippen LogP contribution >= 0.6 is 0 Å². The van der Waals surface area contributed by atoms with Gasteiger partial charge in [0.05, 0.1) is 5.41 Å². The Kier molecular flexibility index (Phi) is 5.88. The molecular formula is C49H36O. The van der Waals surface area contributed by atoms with Gasteiger partial charge in [0.1, 0.15) is 11.5 Å². The van der Waals surface area contributed by atoms with Gasteiger partial charge in [-0.1, -0.05) is 153 Å². The zero-order valence-electron chi connectivity index (χ0n) is 28.0. The largest absolute Gasteiger partial charge is 0.457 e. The maximum Gasteiger partial charge on any atom is 0.132 e. The first-order valence-electron chi connectivity index (χ1n) is 18.2. The number of hydrogen-bond acceptors (Lipinski definition) is 1. The molecule has 7 aromatic rings. The van der Waals surface area contributed by atoms with Crippen LogP contribution in [0.4, 0.5) is 0 Å². The summed E-state index contributed by atoms with van der Waals surface area (Å²) in [6, 6.07) is 58.9. The molecule has 50 heavy (non-hydrogen) atoms. The quantitative estimate of drug-likeness (QED) is 0.183. The number of hydrogen-bond donors (Lipinski definition) is 0. The number of benzene rings is 7. The second-order valence-electron chi connectivity index (χ2n) is 14.7. The van der Waals surface area contributed by atoms with Crippen LogP contribution in [0.5, 0.6) is 11.5 Å². The van der Waals surface area contributed by atoms with Gasteiger partial charge < -0.3 is 4.74 Å². The highest BCUT2D eigenvalue weighted by molar-refractivity contribution is 5.89. The Morgan fingerprint density at radius 1 is 0.340 bits per heavy atom. The van der Waals surface area contributed by atoms with Crippen molar-refractivity contribution < 1.29 is 4.74 Å². The Hall–Kier alpha value is -5.66. The van der Waals surface area contributed by atoms with Gasteiger partial charge in [-0.2, -0.15) is 0 Å². The lowest BCUT2D eigenvalue weighted by Crippen LogP contribution is -2.32. The summed E-state index contributed by atoms with van der Waals surface area (Å²) in [5.41, 5.74) is 18.3. The maximum absolute atomic E-state index is 6.67. The van der Waals surface area contributed by atoms with E-state index in [0.29, 0.717) is 0 Å². The van der Waals surface area contributed by atoms with Crippen molar-refractivity contribution in [3.05, 3.63) is 191 Å². The Morgan fingerprint density at radius 3 is 1.46 bits per heavy atom. The van der Waals surface area contributed by atoms with Gasteiger partial charge in [-0.25, -0.2) is 0 Å². The summed E-state index contributed by atoms with van der Waals surface area (Å²) in [6.45, 7) is 0.